The molecule has 0 amide bonds. The average Bonchev–Trinajstić information content (AvgIpc) is 3.16. The van der Waals surface area contributed by atoms with Gasteiger partial charge in [-0.15, -0.1) is 10.2 Å². The Morgan fingerprint density at radius 1 is 1.19 bits per heavy atom. The summed E-state index contributed by atoms with van der Waals surface area (Å²) in [5.41, 5.74) is 0.738. The normalized spacial score (nSPS) is 10.5. The van der Waals surface area contributed by atoms with Gasteiger partial charge in [0.2, 0.25) is 5.82 Å². The zero-order chi connectivity index (χ0) is 19.2. The van der Waals surface area contributed by atoms with Gasteiger partial charge in [0.1, 0.15) is 12.3 Å². The Balaban J connectivity index is 1.53. The second-order valence-electron chi connectivity index (χ2n) is 5.48. The summed E-state index contributed by atoms with van der Waals surface area (Å²) in [6, 6.07) is 10.4. The van der Waals surface area contributed by atoms with Crippen LogP contribution in [0.2, 0.25) is 5.15 Å². The molecule has 0 aliphatic heterocycles. The van der Waals surface area contributed by atoms with Crippen molar-refractivity contribution in [3.8, 4) is 17.2 Å². The fourth-order valence-electron chi connectivity index (χ4n) is 2.14. The zero-order valence-electron chi connectivity index (χ0n) is 14.6. The maximum absolute atomic E-state index is 12.0. The van der Waals surface area contributed by atoms with Gasteiger partial charge in [-0.1, -0.05) is 16.8 Å². The van der Waals surface area contributed by atoms with Crippen LogP contribution in [0.15, 0.2) is 40.9 Å². The molecule has 140 valence electrons. The van der Waals surface area contributed by atoms with Crippen LogP contribution in [0.3, 0.4) is 0 Å². The van der Waals surface area contributed by atoms with Gasteiger partial charge in [-0.25, -0.2) is 0 Å². The lowest BCUT2D eigenvalue weighted by Crippen LogP contribution is -2.28. The summed E-state index contributed by atoms with van der Waals surface area (Å²) in [4.78, 5) is 17.8. The number of nitrogens with zero attached hydrogens (tertiary/aromatic N) is 5. The van der Waals surface area contributed by atoms with E-state index in [4.69, 9.17) is 25.6 Å². The quantitative estimate of drug-likeness (QED) is 0.563. The van der Waals surface area contributed by atoms with Gasteiger partial charge in [0.05, 0.1) is 7.11 Å². The lowest BCUT2D eigenvalue weighted by Gasteiger charge is -2.15. The van der Waals surface area contributed by atoms with Crippen LogP contribution in [0.25, 0.3) is 11.5 Å². The van der Waals surface area contributed by atoms with Crippen LogP contribution in [0.1, 0.15) is 5.82 Å². The Labute approximate surface area is 159 Å². The molecular formula is C17H16ClN5O4. The molecule has 0 saturated heterocycles. The van der Waals surface area contributed by atoms with Crippen molar-refractivity contribution in [1.82, 2.24) is 20.3 Å². The fourth-order valence-corrected chi connectivity index (χ4v) is 2.24. The summed E-state index contributed by atoms with van der Waals surface area (Å²) >= 11 is 5.69. The second kappa shape index (κ2) is 8.45. The number of aromatic nitrogens is 4. The molecule has 0 spiro atoms. The Hall–Kier alpha value is -3.20. The first-order valence-electron chi connectivity index (χ1n) is 7.88. The van der Waals surface area contributed by atoms with Gasteiger partial charge in [-0.05, 0) is 36.4 Å². The smallest absolute Gasteiger partial charge is 0.326 e. The Morgan fingerprint density at radius 2 is 1.96 bits per heavy atom. The molecule has 1 aromatic carbocycles. The van der Waals surface area contributed by atoms with Gasteiger partial charge in [0, 0.05) is 12.6 Å². The topological polar surface area (TPSA) is 103 Å². The number of hydrogen-bond donors (Lipinski definition) is 0. The lowest BCUT2D eigenvalue weighted by molar-refractivity contribution is -0.143. The number of methoxy groups -OCH3 is 1. The van der Waals surface area contributed by atoms with Gasteiger partial charge in [-0.2, -0.15) is 4.98 Å². The average molecular weight is 390 g/mol. The lowest BCUT2D eigenvalue weighted by atomic mass is 10.2. The molecule has 3 rings (SSSR count). The SMILES string of the molecule is COc1ccc(-c2nc(COC(=O)CN(C)c3ccc(Cl)nn3)no2)cc1. The first-order valence-corrected chi connectivity index (χ1v) is 8.26. The summed E-state index contributed by atoms with van der Waals surface area (Å²) in [6.07, 6.45) is 0. The highest BCUT2D eigenvalue weighted by molar-refractivity contribution is 6.29. The van der Waals surface area contributed by atoms with Crippen LogP contribution in [-0.4, -0.2) is 47.0 Å². The molecule has 0 radical (unpaired) electrons. The van der Waals surface area contributed by atoms with Crippen molar-refractivity contribution in [3.05, 3.63) is 47.4 Å². The molecule has 0 aliphatic carbocycles. The van der Waals surface area contributed by atoms with E-state index in [2.05, 4.69) is 20.3 Å². The number of likely N-dealkylation sites (N-methyl/N-ethyl adjacent to an activating group) is 1. The largest absolute Gasteiger partial charge is 0.497 e. The molecule has 0 saturated carbocycles. The van der Waals surface area contributed by atoms with E-state index in [0.717, 1.165) is 11.3 Å². The highest BCUT2D eigenvalue weighted by Crippen LogP contribution is 2.20. The summed E-state index contributed by atoms with van der Waals surface area (Å²) in [6.45, 7) is -0.113. The molecule has 9 nitrogen and oxygen atoms in total. The van der Waals surface area contributed by atoms with Crippen LogP contribution in [0.5, 0.6) is 5.75 Å². The van der Waals surface area contributed by atoms with Crippen molar-refractivity contribution >= 4 is 23.4 Å². The number of halogens is 1. The minimum Gasteiger partial charge on any atom is -0.497 e. The van der Waals surface area contributed by atoms with Gasteiger partial charge in [0.15, 0.2) is 17.6 Å². The molecule has 0 unspecified atom stereocenters. The molecule has 2 heterocycles. The molecule has 0 fully saturated rings. The predicted molar refractivity (Wildman–Crippen MR) is 96.4 cm³/mol. The van der Waals surface area contributed by atoms with Crippen LogP contribution in [-0.2, 0) is 16.1 Å². The summed E-state index contributed by atoms with van der Waals surface area (Å²) in [5.74, 6) is 1.35. The second-order valence-corrected chi connectivity index (χ2v) is 5.86. The highest BCUT2D eigenvalue weighted by Gasteiger charge is 2.14. The third-order valence-electron chi connectivity index (χ3n) is 3.54. The molecule has 2 aromatic heterocycles. The molecule has 10 heteroatoms. The van der Waals surface area contributed by atoms with Crippen molar-refractivity contribution in [2.75, 3.05) is 25.6 Å². The van der Waals surface area contributed by atoms with E-state index in [9.17, 15) is 4.79 Å². The molecule has 0 bridgehead atoms. The summed E-state index contributed by atoms with van der Waals surface area (Å²) in [7, 11) is 3.28. The maximum Gasteiger partial charge on any atom is 0.326 e. The molecule has 3 aromatic rings. The van der Waals surface area contributed by atoms with E-state index >= 15 is 0 Å². The van der Waals surface area contributed by atoms with Gasteiger partial charge < -0.3 is 18.9 Å². The molecule has 27 heavy (non-hydrogen) atoms. The Kier molecular flexibility index (Phi) is 5.82. The van der Waals surface area contributed by atoms with Crippen molar-refractivity contribution < 1.29 is 18.8 Å². The van der Waals surface area contributed by atoms with E-state index in [0.29, 0.717) is 11.7 Å². The number of esters is 1. The van der Waals surface area contributed by atoms with Crippen LogP contribution < -0.4 is 9.64 Å². The Bertz CT molecular complexity index is 898. The van der Waals surface area contributed by atoms with E-state index < -0.39 is 5.97 Å². The summed E-state index contributed by atoms with van der Waals surface area (Å²) in [5, 5.41) is 11.7. The number of rotatable bonds is 7. The number of carbonyl (C=O) groups excluding carboxylic acids is 1. The van der Waals surface area contributed by atoms with Crippen LogP contribution >= 0.6 is 11.6 Å². The van der Waals surface area contributed by atoms with E-state index in [-0.39, 0.29) is 24.1 Å². The van der Waals surface area contributed by atoms with Gasteiger partial charge in [-0.3, -0.25) is 4.79 Å². The third kappa shape index (κ3) is 4.91. The van der Waals surface area contributed by atoms with Crippen molar-refractivity contribution in [2.45, 2.75) is 6.61 Å². The summed E-state index contributed by atoms with van der Waals surface area (Å²) < 4.78 is 15.5. The van der Waals surface area contributed by atoms with Crippen molar-refractivity contribution in [3.63, 3.8) is 0 Å². The van der Waals surface area contributed by atoms with Crippen molar-refractivity contribution in [2.24, 2.45) is 0 Å². The van der Waals surface area contributed by atoms with Crippen LogP contribution in [0, 0.1) is 0 Å². The molecular weight excluding hydrogens is 374 g/mol. The van der Waals surface area contributed by atoms with E-state index in [1.807, 2.05) is 0 Å². The fraction of sp³-hybridized carbons (Fsp3) is 0.235. The van der Waals surface area contributed by atoms with Crippen LogP contribution in [0.4, 0.5) is 5.82 Å². The van der Waals surface area contributed by atoms with E-state index in [1.54, 1.807) is 55.5 Å². The first kappa shape index (κ1) is 18.6. The minimum absolute atomic E-state index is 0.0144. The molecule has 0 atom stereocenters. The zero-order valence-corrected chi connectivity index (χ0v) is 15.4. The first-order chi connectivity index (χ1) is 13.0. The minimum atomic E-state index is -0.468. The highest BCUT2D eigenvalue weighted by atomic mass is 35.5. The van der Waals surface area contributed by atoms with Gasteiger partial charge >= 0.3 is 5.97 Å². The monoisotopic (exact) mass is 389 g/mol. The van der Waals surface area contributed by atoms with Gasteiger partial charge in [0.25, 0.3) is 5.89 Å². The van der Waals surface area contributed by atoms with E-state index in [1.165, 1.54) is 0 Å². The third-order valence-corrected chi connectivity index (χ3v) is 3.74. The molecule has 0 aliphatic rings. The standard InChI is InChI=1S/C17H16ClN5O4/c1-23(15-8-7-13(18)20-21-15)9-16(24)26-10-14-19-17(27-22-14)11-3-5-12(25-2)6-4-11/h3-8H,9-10H2,1-2H3. The number of hydrogen-bond acceptors (Lipinski definition) is 9. The number of ether oxygens (including phenoxy) is 2. The maximum atomic E-state index is 12.0. The number of carbonyl (C=O) groups is 1. The van der Waals surface area contributed by atoms with Crippen molar-refractivity contribution in [1.29, 1.82) is 0 Å². The number of benzene rings is 1. The molecule has 0 N–H and O–H groups in total. The number of anilines is 1. The predicted octanol–water partition coefficient (Wildman–Crippen LogP) is 2.37. The Morgan fingerprint density at radius 3 is 2.63 bits per heavy atom.